The van der Waals surface area contributed by atoms with Crippen LogP contribution in [0.4, 0.5) is 0 Å². The fraction of sp³-hybridized carbons (Fsp3) is 0.316. The SMILES string of the molecule is CC(N)(C(=O)NCC1(c2ccccc2)CC1)c1ccccc1.Cl. The Morgan fingerprint density at radius 1 is 1.09 bits per heavy atom. The Morgan fingerprint density at radius 2 is 1.61 bits per heavy atom. The van der Waals surface area contributed by atoms with Gasteiger partial charge < -0.3 is 11.1 Å². The maximum absolute atomic E-state index is 12.5. The highest BCUT2D eigenvalue weighted by Crippen LogP contribution is 2.47. The van der Waals surface area contributed by atoms with Crippen molar-refractivity contribution in [2.24, 2.45) is 5.73 Å². The number of carbonyl (C=O) groups excluding carboxylic acids is 1. The van der Waals surface area contributed by atoms with E-state index in [2.05, 4.69) is 17.4 Å². The molecule has 0 radical (unpaired) electrons. The fourth-order valence-corrected chi connectivity index (χ4v) is 2.86. The normalized spacial score (nSPS) is 17.5. The molecule has 23 heavy (non-hydrogen) atoms. The van der Waals surface area contributed by atoms with E-state index < -0.39 is 5.54 Å². The molecule has 1 unspecified atom stereocenters. The monoisotopic (exact) mass is 330 g/mol. The second-order valence-corrected chi connectivity index (χ2v) is 6.40. The average Bonchev–Trinajstić information content (AvgIpc) is 3.35. The lowest BCUT2D eigenvalue weighted by atomic mass is 9.91. The van der Waals surface area contributed by atoms with Gasteiger partial charge in [-0.2, -0.15) is 0 Å². The van der Waals surface area contributed by atoms with Gasteiger partial charge in [-0.25, -0.2) is 0 Å². The van der Waals surface area contributed by atoms with Crippen LogP contribution in [0.25, 0.3) is 0 Å². The van der Waals surface area contributed by atoms with E-state index in [-0.39, 0.29) is 23.7 Å². The maximum Gasteiger partial charge on any atom is 0.244 e. The average molecular weight is 331 g/mol. The van der Waals surface area contributed by atoms with Crippen LogP contribution in [-0.2, 0) is 15.7 Å². The van der Waals surface area contributed by atoms with Crippen molar-refractivity contribution in [1.82, 2.24) is 5.32 Å². The number of hydrogen-bond donors (Lipinski definition) is 2. The highest BCUT2D eigenvalue weighted by atomic mass is 35.5. The summed E-state index contributed by atoms with van der Waals surface area (Å²) in [5.41, 5.74) is 7.48. The molecule has 0 aliphatic heterocycles. The number of benzene rings is 2. The van der Waals surface area contributed by atoms with Crippen LogP contribution in [0.1, 0.15) is 30.9 Å². The lowest BCUT2D eigenvalue weighted by Gasteiger charge is -2.26. The van der Waals surface area contributed by atoms with Crippen molar-refractivity contribution in [2.75, 3.05) is 6.54 Å². The molecule has 0 spiro atoms. The molecule has 1 aliphatic carbocycles. The molecule has 2 aromatic carbocycles. The first-order valence-electron chi connectivity index (χ1n) is 7.73. The van der Waals surface area contributed by atoms with Gasteiger partial charge in [0.1, 0.15) is 5.54 Å². The summed E-state index contributed by atoms with van der Waals surface area (Å²) in [6.07, 6.45) is 2.23. The van der Waals surface area contributed by atoms with E-state index in [0.29, 0.717) is 6.54 Å². The molecule has 1 fully saturated rings. The van der Waals surface area contributed by atoms with Crippen LogP contribution in [0.3, 0.4) is 0 Å². The number of nitrogens with one attached hydrogen (secondary N) is 1. The van der Waals surface area contributed by atoms with Gasteiger partial charge in [0.2, 0.25) is 5.91 Å². The zero-order valence-electron chi connectivity index (χ0n) is 13.3. The molecule has 3 rings (SSSR count). The van der Waals surface area contributed by atoms with Gasteiger partial charge in [0.25, 0.3) is 0 Å². The summed E-state index contributed by atoms with van der Waals surface area (Å²) in [4.78, 5) is 12.5. The topological polar surface area (TPSA) is 55.1 Å². The molecule has 0 aromatic heterocycles. The fourth-order valence-electron chi connectivity index (χ4n) is 2.86. The second-order valence-electron chi connectivity index (χ2n) is 6.40. The minimum absolute atomic E-state index is 0. The van der Waals surface area contributed by atoms with Gasteiger partial charge in [-0.05, 0) is 30.9 Å². The van der Waals surface area contributed by atoms with Crippen molar-refractivity contribution in [2.45, 2.75) is 30.7 Å². The minimum atomic E-state index is -1.01. The molecule has 2 aromatic rings. The zero-order chi connectivity index (χ0) is 15.6. The van der Waals surface area contributed by atoms with Crippen molar-refractivity contribution in [3.8, 4) is 0 Å². The van der Waals surface area contributed by atoms with Gasteiger partial charge in [0.05, 0.1) is 0 Å². The Bertz CT molecular complexity index is 652. The molecule has 1 amide bonds. The lowest BCUT2D eigenvalue weighted by molar-refractivity contribution is -0.126. The highest BCUT2D eigenvalue weighted by molar-refractivity contribution is 5.87. The van der Waals surface area contributed by atoms with E-state index >= 15 is 0 Å². The molecular weight excluding hydrogens is 308 g/mol. The van der Waals surface area contributed by atoms with E-state index in [1.165, 1.54) is 5.56 Å². The molecule has 0 saturated heterocycles. The smallest absolute Gasteiger partial charge is 0.244 e. The first-order chi connectivity index (χ1) is 10.5. The van der Waals surface area contributed by atoms with E-state index in [1.54, 1.807) is 6.92 Å². The maximum atomic E-state index is 12.5. The summed E-state index contributed by atoms with van der Waals surface area (Å²) in [6, 6.07) is 19.9. The van der Waals surface area contributed by atoms with Crippen molar-refractivity contribution in [1.29, 1.82) is 0 Å². The predicted octanol–water partition coefficient (Wildman–Crippen LogP) is 3.13. The van der Waals surface area contributed by atoms with Crippen LogP contribution >= 0.6 is 12.4 Å². The van der Waals surface area contributed by atoms with Gasteiger partial charge in [-0.1, -0.05) is 60.7 Å². The van der Waals surface area contributed by atoms with Crippen molar-refractivity contribution < 1.29 is 4.79 Å². The highest BCUT2D eigenvalue weighted by Gasteiger charge is 2.45. The minimum Gasteiger partial charge on any atom is -0.353 e. The third-order valence-electron chi connectivity index (χ3n) is 4.67. The van der Waals surface area contributed by atoms with Crippen LogP contribution in [0.15, 0.2) is 60.7 Å². The van der Waals surface area contributed by atoms with Crippen LogP contribution in [0.2, 0.25) is 0 Å². The van der Waals surface area contributed by atoms with E-state index in [1.807, 2.05) is 48.5 Å². The van der Waals surface area contributed by atoms with Crippen molar-refractivity contribution in [3.63, 3.8) is 0 Å². The van der Waals surface area contributed by atoms with Gasteiger partial charge >= 0.3 is 0 Å². The van der Waals surface area contributed by atoms with Crippen LogP contribution in [0, 0.1) is 0 Å². The predicted molar refractivity (Wildman–Crippen MR) is 95.6 cm³/mol. The lowest BCUT2D eigenvalue weighted by Crippen LogP contribution is -2.50. The first kappa shape index (κ1) is 17.5. The summed E-state index contributed by atoms with van der Waals surface area (Å²) >= 11 is 0. The standard InChI is InChI=1S/C19H22N2O.ClH/c1-18(20,15-8-4-2-5-9-15)17(22)21-14-19(12-13-19)16-10-6-3-7-11-16;/h2-11H,12-14,20H2,1H3,(H,21,22);1H. The summed E-state index contributed by atoms with van der Waals surface area (Å²) in [5.74, 6) is -0.124. The van der Waals surface area contributed by atoms with E-state index in [9.17, 15) is 4.79 Å². The molecule has 4 heteroatoms. The number of halogens is 1. The molecule has 1 saturated carbocycles. The Labute approximate surface area is 143 Å². The third-order valence-corrected chi connectivity index (χ3v) is 4.67. The zero-order valence-corrected chi connectivity index (χ0v) is 14.1. The van der Waals surface area contributed by atoms with E-state index in [0.717, 1.165) is 18.4 Å². The number of hydrogen-bond acceptors (Lipinski definition) is 2. The van der Waals surface area contributed by atoms with Gasteiger partial charge in [0, 0.05) is 12.0 Å². The summed E-state index contributed by atoms with van der Waals surface area (Å²) in [5, 5.41) is 3.06. The number of rotatable bonds is 5. The Kier molecular flexibility index (Phi) is 5.12. The number of nitrogens with two attached hydrogens (primary N) is 1. The van der Waals surface area contributed by atoms with Gasteiger partial charge in [0.15, 0.2) is 0 Å². The summed E-state index contributed by atoms with van der Waals surface area (Å²) < 4.78 is 0. The Hall–Kier alpha value is -1.84. The molecule has 0 bridgehead atoms. The molecule has 0 heterocycles. The summed E-state index contributed by atoms with van der Waals surface area (Å²) in [7, 11) is 0. The van der Waals surface area contributed by atoms with Crippen LogP contribution < -0.4 is 11.1 Å². The van der Waals surface area contributed by atoms with Crippen LogP contribution in [-0.4, -0.2) is 12.5 Å². The molecule has 1 aliphatic rings. The quantitative estimate of drug-likeness (QED) is 0.885. The Balaban J connectivity index is 0.00000192. The third kappa shape index (κ3) is 3.57. The molecule has 3 N–H and O–H groups in total. The number of amides is 1. The molecule has 1 atom stereocenters. The number of carbonyl (C=O) groups is 1. The largest absolute Gasteiger partial charge is 0.353 e. The summed E-state index contributed by atoms with van der Waals surface area (Å²) in [6.45, 7) is 2.41. The second kappa shape index (κ2) is 6.73. The molecular formula is C19H23ClN2O. The molecule has 3 nitrogen and oxygen atoms in total. The van der Waals surface area contributed by atoms with Crippen LogP contribution in [0.5, 0.6) is 0 Å². The van der Waals surface area contributed by atoms with Gasteiger partial charge in [-0.3, -0.25) is 4.79 Å². The molecule has 122 valence electrons. The van der Waals surface area contributed by atoms with Crippen molar-refractivity contribution >= 4 is 18.3 Å². The van der Waals surface area contributed by atoms with Gasteiger partial charge in [-0.15, -0.1) is 12.4 Å². The van der Waals surface area contributed by atoms with Crippen molar-refractivity contribution in [3.05, 3.63) is 71.8 Å². The van der Waals surface area contributed by atoms with E-state index in [4.69, 9.17) is 5.73 Å². The first-order valence-corrected chi connectivity index (χ1v) is 7.73. The Morgan fingerprint density at radius 3 is 2.13 bits per heavy atom.